The highest BCUT2D eigenvalue weighted by molar-refractivity contribution is 7.91. The van der Waals surface area contributed by atoms with Crippen molar-refractivity contribution < 1.29 is 13.2 Å². The van der Waals surface area contributed by atoms with Crippen LogP contribution >= 0.6 is 11.6 Å². The topological polar surface area (TPSA) is 54.5 Å². The summed E-state index contributed by atoms with van der Waals surface area (Å²) in [4.78, 5) is 13.9. The highest BCUT2D eigenvalue weighted by atomic mass is 35.5. The number of rotatable bonds is 3. The Balaban J connectivity index is 2.23. The summed E-state index contributed by atoms with van der Waals surface area (Å²) in [7, 11) is -3.30. The number of benzene rings is 1. The maximum Gasteiger partial charge on any atom is 0.238 e. The van der Waals surface area contributed by atoms with Crippen LogP contribution in [0.15, 0.2) is 24.3 Å². The predicted octanol–water partition coefficient (Wildman–Crippen LogP) is 2.44. The van der Waals surface area contributed by atoms with Gasteiger partial charge in [0.15, 0.2) is 9.84 Å². The molecule has 1 saturated heterocycles. The van der Waals surface area contributed by atoms with Crippen molar-refractivity contribution in [2.45, 2.75) is 25.3 Å². The van der Waals surface area contributed by atoms with Gasteiger partial charge in [0.05, 0.1) is 6.04 Å². The Morgan fingerprint density at radius 3 is 2.80 bits per heavy atom. The summed E-state index contributed by atoms with van der Waals surface area (Å²) in [5.41, 5.74) is 0.971. The van der Waals surface area contributed by atoms with Crippen LogP contribution < -0.4 is 0 Å². The minimum atomic E-state index is -3.30. The molecule has 1 fully saturated rings. The molecular formula is C14H18ClNO3S. The van der Waals surface area contributed by atoms with Crippen LogP contribution in [0.1, 0.15) is 30.9 Å². The Morgan fingerprint density at radius 2 is 2.15 bits per heavy atom. The summed E-state index contributed by atoms with van der Waals surface area (Å²) in [5.74, 6) is -0.749. The minimum Gasteiger partial charge on any atom is -0.335 e. The quantitative estimate of drug-likeness (QED) is 0.861. The maximum atomic E-state index is 12.2. The molecule has 1 unspecified atom stereocenters. The van der Waals surface area contributed by atoms with Crippen LogP contribution in [0.3, 0.4) is 0 Å². The number of carbonyl (C=O) groups excluding carboxylic acids is 1. The molecule has 1 aliphatic heterocycles. The first kappa shape index (κ1) is 15.3. The van der Waals surface area contributed by atoms with E-state index in [-0.39, 0.29) is 11.9 Å². The zero-order valence-electron chi connectivity index (χ0n) is 11.4. The van der Waals surface area contributed by atoms with Crippen molar-refractivity contribution in [3.63, 3.8) is 0 Å². The number of likely N-dealkylation sites (tertiary alicyclic amines) is 1. The largest absolute Gasteiger partial charge is 0.335 e. The van der Waals surface area contributed by atoms with Crippen molar-refractivity contribution in [1.29, 1.82) is 0 Å². The van der Waals surface area contributed by atoms with Crippen LogP contribution in [0, 0.1) is 0 Å². The van der Waals surface area contributed by atoms with Gasteiger partial charge in [-0.25, -0.2) is 8.42 Å². The number of sulfone groups is 1. The fourth-order valence-corrected chi connectivity index (χ4v) is 3.41. The Bertz CT molecular complexity index is 600. The number of carbonyl (C=O) groups is 1. The highest BCUT2D eigenvalue weighted by Crippen LogP contribution is 2.32. The van der Waals surface area contributed by atoms with Gasteiger partial charge in [-0.1, -0.05) is 23.7 Å². The summed E-state index contributed by atoms with van der Waals surface area (Å²) in [6.07, 6.45) is 3.87. The summed E-state index contributed by atoms with van der Waals surface area (Å²) in [5, 5.41) is 0.628. The highest BCUT2D eigenvalue weighted by Gasteiger charge is 2.29. The van der Waals surface area contributed by atoms with Gasteiger partial charge in [-0.2, -0.15) is 0 Å². The van der Waals surface area contributed by atoms with E-state index < -0.39 is 15.6 Å². The smallest absolute Gasteiger partial charge is 0.238 e. The van der Waals surface area contributed by atoms with Crippen molar-refractivity contribution in [3.8, 4) is 0 Å². The average Bonchev–Trinajstić information content (AvgIpc) is 2.37. The van der Waals surface area contributed by atoms with E-state index >= 15 is 0 Å². The molecule has 0 N–H and O–H groups in total. The molecule has 1 aliphatic rings. The van der Waals surface area contributed by atoms with E-state index in [0.29, 0.717) is 11.6 Å². The second-order valence-corrected chi connectivity index (χ2v) is 7.80. The number of halogens is 1. The van der Waals surface area contributed by atoms with E-state index in [1.165, 1.54) is 0 Å². The molecule has 1 amide bonds. The van der Waals surface area contributed by atoms with Crippen molar-refractivity contribution in [1.82, 2.24) is 4.90 Å². The molecule has 6 heteroatoms. The third kappa shape index (κ3) is 3.96. The van der Waals surface area contributed by atoms with E-state index in [1.807, 2.05) is 18.2 Å². The van der Waals surface area contributed by atoms with Gasteiger partial charge >= 0.3 is 0 Å². The molecular weight excluding hydrogens is 298 g/mol. The second-order valence-electron chi connectivity index (χ2n) is 5.22. The molecule has 0 bridgehead atoms. The van der Waals surface area contributed by atoms with Gasteiger partial charge in [0.25, 0.3) is 0 Å². The van der Waals surface area contributed by atoms with E-state index in [4.69, 9.17) is 11.6 Å². The van der Waals surface area contributed by atoms with Crippen LogP contribution in [-0.2, 0) is 14.6 Å². The van der Waals surface area contributed by atoms with E-state index in [1.54, 1.807) is 11.0 Å². The lowest BCUT2D eigenvalue weighted by atomic mass is 9.95. The molecule has 110 valence electrons. The summed E-state index contributed by atoms with van der Waals surface area (Å²) >= 11 is 6.00. The molecule has 0 saturated carbocycles. The summed E-state index contributed by atoms with van der Waals surface area (Å²) < 4.78 is 22.6. The SMILES string of the molecule is CS(=O)(=O)CC(=O)N1CCCCC1c1cccc(Cl)c1. The molecule has 1 heterocycles. The maximum absolute atomic E-state index is 12.2. The fraction of sp³-hybridized carbons (Fsp3) is 0.500. The molecule has 20 heavy (non-hydrogen) atoms. The van der Waals surface area contributed by atoms with Crippen LogP contribution in [0.2, 0.25) is 5.02 Å². The number of piperidine rings is 1. The van der Waals surface area contributed by atoms with Gasteiger partial charge in [-0.15, -0.1) is 0 Å². The molecule has 0 aliphatic carbocycles. The lowest BCUT2D eigenvalue weighted by Crippen LogP contribution is -2.41. The second kappa shape index (κ2) is 6.14. The Hall–Kier alpha value is -1.07. The molecule has 1 aromatic rings. The van der Waals surface area contributed by atoms with Gasteiger partial charge in [-0.05, 0) is 37.0 Å². The molecule has 2 rings (SSSR count). The lowest BCUT2D eigenvalue weighted by molar-refractivity contribution is -0.132. The Labute approximate surface area is 124 Å². The van der Waals surface area contributed by atoms with Gasteiger partial charge < -0.3 is 4.90 Å². The van der Waals surface area contributed by atoms with Gasteiger partial charge in [0, 0.05) is 17.8 Å². The standard InChI is InChI=1S/C14H18ClNO3S/c1-20(18,19)10-14(17)16-8-3-2-7-13(16)11-5-4-6-12(15)9-11/h4-6,9,13H,2-3,7-8,10H2,1H3. The molecule has 1 aromatic carbocycles. The Morgan fingerprint density at radius 1 is 1.40 bits per heavy atom. The molecule has 0 aromatic heterocycles. The molecule has 0 radical (unpaired) electrons. The predicted molar refractivity (Wildman–Crippen MR) is 79.5 cm³/mol. The average molecular weight is 316 g/mol. The van der Waals surface area contributed by atoms with Gasteiger partial charge in [0.2, 0.25) is 5.91 Å². The van der Waals surface area contributed by atoms with Crippen molar-refractivity contribution in [3.05, 3.63) is 34.9 Å². The molecule has 0 spiro atoms. The van der Waals surface area contributed by atoms with E-state index in [2.05, 4.69) is 0 Å². The minimum absolute atomic E-state index is 0.0725. The summed E-state index contributed by atoms with van der Waals surface area (Å²) in [6.45, 7) is 0.603. The first-order chi connectivity index (χ1) is 9.37. The number of nitrogens with zero attached hydrogens (tertiary/aromatic N) is 1. The zero-order valence-corrected chi connectivity index (χ0v) is 13.0. The first-order valence-corrected chi connectivity index (χ1v) is 9.03. The van der Waals surface area contributed by atoms with Crippen LogP contribution in [0.25, 0.3) is 0 Å². The molecule has 1 atom stereocenters. The number of amides is 1. The normalized spacial score (nSPS) is 19.9. The van der Waals surface area contributed by atoms with E-state index in [0.717, 1.165) is 31.1 Å². The third-order valence-electron chi connectivity index (χ3n) is 3.44. The first-order valence-electron chi connectivity index (χ1n) is 6.59. The zero-order chi connectivity index (χ0) is 14.8. The Kier molecular flexibility index (Phi) is 4.70. The van der Waals surface area contributed by atoms with Crippen LogP contribution in [0.5, 0.6) is 0 Å². The van der Waals surface area contributed by atoms with E-state index in [9.17, 15) is 13.2 Å². The fourth-order valence-electron chi connectivity index (χ4n) is 2.60. The van der Waals surface area contributed by atoms with Crippen molar-refractivity contribution >= 4 is 27.3 Å². The van der Waals surface area contributed by atoms with Crippen LogP contribution in [0.4, 0.5) is 0 Å². The van der Waals surface area contributed by atoms with Crippen LogP contribution in [-0.4, -0.2) is 37.8 Å². The molecule has 4 nitrogen and oxygen atoms in total. The summed E-state index contributed by atoms with van der Waals surface area (Å²) in [6, 6.07) is 7.35. The van der Waals surface area contributed by atoms with Crippen molar-refractivity contribution in [2.24, 2.45) is 0 Å². The third-order valence-corrected chi connectivity index (χ3v) is 4.45. The van der Waals surface area contributed by atoms with Gasteiger partial charge in [0.1, 0.15) is 5.75 Å². The number of hydrogen-bond donors (Lipinski definition) is 0. The number of hydrogen-bond acceptors (Lipinski definition) is 3. The van der Waals surface area contributed by atoms with Gasteiger partial charge in [-0.3, -0.25) is 4.79 Å². The lowest BCUT2D eigenvalue weighted by Gasteiger charge is -2.36. The monoisotopic (exact) mass is 315 g/mol. The van der Waals surface area contributed by atoms with Crippen molar-refractivity contribution in [2.75, 3.05) is 18.6 Å².